The van der Waals surface area contributed by atoms with Crippen LogP contribution in [-0.4, -0.2) is 79.1 Å². The molecule has 1 unspecified atom stereocenters. The van der Waals surface area contributed by atoms with Gasteiger partial charge in [0.1, 0.15) is 34.5 Å². The zero-order valence-electron chi connectivity index (χ0n) is 30.0. The van der Waals surface area contributed by atoms with Crippen molar-refractivity contribution in [3.63, 3.8) is 0 Å². The monoisotopic (exact) mass is 804 g/mol. The minimum atomic E-state index is -0.651. The summed E-state index contributed by atoms with van der Waals surface area (Å²) in [6.07, 6.45) is 0.491. The van der Waals surface area contributed by atoms with Crippen LogP contribution < -0.4 is 33.3 Å². The van der Waals surface area contributed by atoms with Crippen LogP contribution >= 0.6 is 22.6 Å². The summed E-state index contributed by atoms with van der Waals surface area (Å²) in [6.45, 7) is 4.66. The minimum Gasteiger partial charge on any atom is -0.496 e. The fraction of sp³-hybridized carbons (Fsp3) is 0.432. The summed E-state index contributed by atoms with van der Waals surface area (Å²) in [7, 11) is 11.6. The van der Waals surface area contributed by atoms with Gasteiger partial charge in [0.05, 0.1) is 48.6 Å². The summed E-state index contributed by atoms with van der Waals surface area (Å²) in [5.41, 5.74) is 3.93. The van der Waals surface area contributed by atoms with Gasteiger partial charge in [0.25, 0.3) is 11.8 Å². The molecule has 2 amide bonds. The molecule has 1 aliphatic rings. The second kappa shape index (κ2) is 17.0. The SMILES string of the molecule is COc1cc(I)cc(OC)c1C(c1c(OC)cc(C(C)C)cc1OC)c1c(OC)cc(N(C)CCCC(=O)ON2C(=O)CCC2=O)cc1OC. The molecule has 0 spiro atoms. The third kappa shape index (κ3) is 8.14. The van der Waals surface area contributed by atoms with Crippen molar-refractivity contribution in [1.29, 1.82) is 0 Å². The second-order valence-corrected chi connectivity index (χ2v) is 13.2. The Labute approximate surface area is 306 Å². The zero-order chi connectivity index (χ0) is 36.7. The minimum absolute atomic E-state index is 0.00812. The molecule has 0 aromatic heterocycles. The summed E-state index contributed by atoms with van der Waals surface area (Å²) >= 11 is 2.23. The van der Waals surface area contributed by atoms with Crippen molar-refractivity contribution < 1.29 is 47.6 Å². The van der Waals surface area contributed by atoms with Gasteiger partial charge in [-0.2, -0.15) is 0 Å². The van der Waals surface area contributed by atoms with Gasteiger partial charge < -0.3 is 38.2 Å². The van der Waals surface area contributed by atoms with Crippen molar-refractivity contribution in [3.8, 4) is 34.5 Å². The molecule has 1 heterocycles. The fourth-order valence-electron chi connectivity index (χ4n) is 6.03. The summed E-state index contributed by atoms with van der Waals surface area (Å²) in [6, 6.07) is 11.7. The van der Waals surface area contributed by atoms with Gasteiger partial charge >= 0.3 is 5.97 Å². The topological polar surface area (TPSA) is 122 Å². The van der Waals surface area contributed by atoms with E-state index in [1.54, 1.807) is 42.7 Å². The maximum atomic E-state index is 12.4. The molecule has 12 nitrogen and oxygen atoms in total. The Morgan fingerprint density at radius 2 is 1.12 bits per heavy atom. The average molecular weight is 805 g/mol. The zero-order valence-corrected chi connectivity index (χ0v) is 32.2. The quantitative estimate of drug-likeness (QED) is 0.0900. The van der Waals surface area contributed by atoms with Crippen LogP contribution in [0.3, 0.4) is 0 Å². The number of ether oxygens (including phenoxy) is 6. The molecule has 270 valence electrons. The van der Waals surface area contributed by atoms with Gasteiger partial charge in [-0.15, -0.1) is 5.06 Å². The second-order valence-electron chi connectivity index (χ2n) is 12.0. The first-order valence-corrected chi connectivity index (χ1v) is 17.2. The molecule has 3 aromatic rings. The highest BCUT2D eigenvalue weighted by Crippen LogP contribution is 2.54. The molecule has 0 N–H and O–H groups in total. The van der Waals surface area contributed by atoms with Crippen LogP contribution in [0.5, 0.6) is 34.5 Å². The van der Waals surface area contributed by atoms with Crippen molar-refractivity contribution in [3.05, 3.63) is 62.2 Å². The van der Waals surface area contributed by atoms with Crippen molar-refractivity contribution in [1.82, 2.24) is 5.06 Å². The Bertz CT molecular complexity index is 1640. The van der Waals surface area contributed by atoms with Gasteiger partial charge in [-0.1, -0.05) is 13.8 Å². The van der Waals surface area contributed by atoms with Crippen LogP contribution in [0.1, 0.15) is 73.6 Å². The Hall–Kier alpha value is -4.40. The molecule has 13 heteroatoms. The smallest absolute Gasteiger partial charge is 0.333 e. The van der Waals surface area contributed by atoms with E-state index in [9.17, 15) is 14.4 Å². The van der Waals surface area contributed by atoms with E-state index in [1.165, 1.54) is 0 Å². The number of nitrogens with zero attached hydrogens (tertiary/aromatic N) is 2. The molecule has 1 atom stereocenters. The van der Waals surface area contributed by atoms with Crippen LogP contribution in [0, 0.1) is 3.57 Å². The number of carbonyl (C=O) groups is 3. The predicted octanol–water partition coefficient (Wildman–Crippen LogP) is 6.47. The molecule has 0 saturated carbocycles. The molecular weight excluding hydrogens is 759 g/mol. The third-order valence-corrected chi connectivity index (χ3v) is 9.27. The number of methoxy groups -OCH3 is 6. The Morgan fingerprint density at radius 1 is 0.720 bits per heavy atom. The van der Waals surface area contributed by atoms with Crippen molar-refractivity contribution in [2.75, 3.05) is 61.2 Å². The number of hydrogen-bond acceptors (Lipinski definition) is 11. The maximum Gasteiger partial charge on any atom is 0.333 e. The lowest BCUT2D eigenvalue weighted by molar-refractivity contribution is -0.197. The van der Waals surface area contributed by atoms with Gasteiger partial charge in [0.2, 0.25) is 0 Å². The number of benzene rings is 3. The van der Waals surface area contributed by atoms with E-state index in [4.69, 9.17) is 33.3 Å². The molecule has 0 aliphatic carbocycles. The lowest BCUT2D eigenvalue weighted by Crippen LogP contribution is -2.32. The van der Waals surface area contributed by atoms with Crippen molar-refractivity contribution >= 4 is 46.1 Å². The van der Waals surface area contributed by atoms with Gasteiger partial charge in [-0.05, 0) is 64.8 Å². The first-order valence-electron chi connectivity index (χ1n) is 16.1. The third-order valence-electron chi connectivity index (χ3n) is 8.65. The summed E-state index contributed by atoms with van der Waals surface area (Å²) in [4.78, 5) is 43.1. The lowest BCUT2D eigenvalue weighted by Gasteiger charge is -2.30. The fourth-order valence-corrected chi connectivity index (χ4v) is 6.59. The van der Waals surface area contributed by atoms with Crippen molar-refractivity contribution in [2.45, 2.75) is 51.4 Å². The Morgan fingerprint density at radius 3 is 1.52 bits per heavy atom. The molecule has 0 bridgehead atoms. The maximum absolute atomic E-state index is 12.4. The van der Waals surface area contributed by atoms with E-state index in [-0.39, 0.29) is 25.2 Å². The van der Waals surface area contributed by atoms with Crippen molar-refractivity contribution in [2.24, 2.45) is 0 Å². The number of amides is 2. The molecular formula is C37H45IN2O10. The highest BCUT2D eigenvalue weighted by molar-refractivity contribution is 14.1. The van der Waals surface area contributed by atoms with Gasteiger partial charge in [-0.25, -0.2) is 4.79 Å². The van der Waals surface area contributed by atoms with Gasteiger partial charge in [0.15, 0.2) is 0 Å². The van der Waals surface area contributed by atoms with Crippen LogP contribution in [0.25, 0.3) is 0 Å². The molecule has 4 rings (SSSR count). The normalized spacial score (nSPS) is 13.3. The van der Waals surface area contributed by atoms with E-state index in [2.05, 4.69) is 36.4 Å². The number of halogens is 1. The van der Waals surface area contributed by atoms with Gasteiger partial charge in [-0.3, -0.25) is 9.59 Å². The van der Waals surface area contributed by atoms with E-state index in [1.807, 2.05) is 48.3 Å². The lowest BCUT2D eigenvalue weighted by atomic mass is 9.80. The number of carbonyl (C=O) groups excluding carboxylic acids is 3. The number of imide groups is 1. The first-order chi connectivity index (χ1) is 23.9. The number of hydrogen-bond donors (Lipinski definition) is 0. The molecule has 1 aliphatic heterocycles. The number of hydroxylamine groups is 2. The summed E-state index contributed by atoms with van der Waals surface area (Å²) in [5.74, 6) is 1.33. The number of rotatable bonds is 16. The van der Waals surface area contributed by atoms with Gasteiger partial charge in [0, 0.05) is 70.9 Å². The van der Waals surface area contributed by atoms with E-state index >= 15 is 0 Å². The van der Waals surface area contributed by atoms with Crippen LogP contribution in [0.4, 0.5) is 5.69 Å². The Balaban J connectivity index is 1.84. The molecule has 1 saturated heterocycles. The van der Waals surface area contributed by atoms with Crippen LogP contribution in [-0.2, 0) is 19.2 Å². The predicted molar refractivity (Wildman–Crippen MR) is 196 cm³/mol. The standard InChI is InChI=1S/C37H45IN2O10/c1-21(2)22-15-25(44-4)34(26(16-22)45-5)37(35-27(46-6)17-23(38)18-28(35)47-7)36-29(48-8)19-24(20-30(36)49-9)39(3)14-10-11-33(43)50-40-31(41)12-13-32(40)42/h15-21,37H,10-14H2,1-9H3. The summed E-state index contributed by atoms with van der Waals surface area (Å²) < 4.78 is 37.3. The molecule has 3 aromatic carbocycles. The Kier molecular flexibility index (Phi) is 13.1. The highest BCUT2D eigenvalue weighted by atomic mass is 127. The molecule has 0 radical (unpaired) electrons. The molecule has 50 heavy (non-hydrogen) atoms. The van der Waals surface area contributed by atoms with E-state index in [0.29, 0.717) is 58.1 Å². The van der Waals surface area contributed by atoms with E-state index in [0.717, 1.165) is 25.9 Å². The highest BCUT2D eigenvalue weighted by Gasteiger charge is 2.36. The first kappa shape index (κ1) is 38.4. The molecule has 1 fully saturated rings. The number of anilines is 1. The largest absolute Gasteiger partial charge is 0.496 e. The van der Waals surface area contributed by atoms with E-state index < -0.39 is 23.7 Å². The van der Waals surface area contributed by atoms with Crippen LogP contribution in [0.15, 0.2) is 36.4 Å². The summed E-state index contributed by atoms with van der Waals surface area (Å²) in [5, 5.41) is 0.564. The van der Waals surface area contributed by atoms with Crippen LogP contribution in [0.2, 0.25) is 0 Å². The average Bonchev–Trinajstić information content (AvgIpc) is 3.43.